The molecule has 0 aliphatic heterocycles. The Kier molecular flexibility index (Phi) is 2.48. The molecule has 82 valence electrons. The quantitative estimate of drug-likeness (QED) is 0.769. The number of hydrogen-bond acceptors (Lipinski definition) is 1. The fourth-order valence-corrected chi connectivity index (χ4v) is 1.72. The van der Waals surface area contributed by atoms with E-state index in [0.717, 1.165) is 11.3 Å². The minimum Gasteiger partial charge on any atom is -0.476 e. The summed E-state index contributed by atoms with van der Waals surface area (Å²) in [6.45, 7) is 0. The summed E-state index contributed by atoms with van der Waals surface area (Å²) in [6.07, 6.45) is 0. The number of nitrogens with zero attached hydrogens (tertiary/aromatic N) is 2. The van der Waals surface area contributed by atoms with Crippen molar-refractivity contribution < 1.29 is 14.6 Å². The summed E-state index contributed by atoms with van der Waals surface area (Å²) >= 11 is 0. The predicted octanol–water partition coefficient (Wildman–Crippen LogP) is 1.21. The summed E-state index contributed by atoms with van der Waals surface area (Å²) in [5.74, 6) is -0.916. The van der Waals surface area contributed by atoms with Crippen molar-refractivity contribution in [3.63, 3.8) is 0 Å². The van der Waals surface area contributed by atoms with Gasteiger partial charge < -0.3 is 5.11 Å². The van der Waals surface area contributed by atoms with Crippen molar-refractivity contribution in [3.8, 4) is 11.3 Å². The van der Waals surface area contributed by atoms with Crippen LogP contribution in [0.5, 0.6) is 0 Å². The molecule has 4 heteroatoms. The first-order chi connectivity index (χ1) is 7.61. The van der Waals surface area contributed by atoms with Gasteiger partial charge in [-0.05, 0) is 12.1 Å². The molecule has 2 aromatic rings. The maximum Gasteiger partial charge on any atom is 0.358 e. The number of hydrogen-bond donors (Lipinski definition) is 1. The molecule has 0 atom stereocenters. The first-order valence-electron chi connectivity index (χ1n) is 4.96. The highest BCUT2D eigenvalue weighted by atomic mass is 16.4. The smallest absolute Gasteiger partial charge is 0.358 e. The molecule has 0 aliphatic carbocycles. The standard InChI is InChI=1S/C12H12N2O2/c1-13-10(9-6-4-3-5-7-9)8-11(12(15)16)14(13)2/h3-8H,1-2H3/p+1. The topological polar surface area (TPSA) is 46.1 Å². The molecule has 0 amide bonds. The first-order valence-corrected chi connectivity index (χ1v) is 4.96. The van der Waals surface area contributed by atoms with E-state index in [9.17, 15) is 4.79 Å². The Morgan fingerprint density at radius 1 is 1.31 bits per heavy atom. The molecule has 0 radical (unpaired) electrons. The lowest BCUT2D eigenvalue weighted by molar-refractivity contribution is -0.741. The Bertz CT molecular complexity index is 529. The minimum atomic E-state index is -0.916. The van der Waals surface area contributed by atoms with E-state index in [-0.39, 0.29) is 5.69 Å². The van der Waals surface area contributed by atoms with Crippen LogP contribution < -0.4 is 4.68 Å². The van der Waals surface area contributed by atoms with E-state index in [2.05, 4.69) is 0 Å². The molecule has 0 unspecified atom stereocenters. The first kappa shape index (κ1) is 10.4. The normalized spacial score (nSPS) is 10.4. The molecule has 0 spiro atoms. The molecule has 0 saturated carbocycles. The largest absolute Gasteiger partial charge is 0.476 e. The van der Waals surface area contributed by atoms with Gasteiger partial charge in [0.25, 0.3) is 0 Å². The summed E-state index contributed by atoms with van der Waals surface area (Å²) in [4.78, 5) is 11.0. The van der Waals surface area contributed by atoms with Gasteiger partial charge in [0.2, 0.25) is 5.69 Å². The van der Waals surface area contributed by atoms with Crippen molar-refractivity contribution in [2.24, 2.45) is 14.1 Å². The zero-order valence-corrected chi connectivity index (χ0v) is 9.21. The van der Waals surface area contributed by atoms with Crippen molar-refractivity contribution >= 4 is 5.97 Å². The van der Waals surface area contributed by atoms with Gasteiger partial charge in [0.1, 0.15) is 0 Å². The van der Waals surface area contributed by atoms with Crippen LogP contribution in [0.3, 0.4) is 0 Å². The van der Waals surface area contributed by atoms with E-state index in [1.807, 2.05) is 42.1 Å². The third-order valence-corrected chi connectivity index (χ3v) is 2.71. The number of carbonyl (C=O) groups is 1. The molecule has 0 fully saturated rings. The third kappa shape index (κ3) is 1.58. The second-order valence-electron chi connectivity index (χ2n) is 3.63. The van der Waals surface area contributed by atoms with Gasteiger partial charge >= 0.3 is 5.97 Å². The Hall–Kier alpha value is -2.10. The SMILES string of the molecule is Cn1c(C(=O)O)cc(-c2ccccc2)[n+]1C. The zero-order chi connectivity index (χ0) is 11.7. The highest BCUT2D eigenvalue weighted by Gasteiger charge is 2.22. The van der Waals surface area contributed by atoms with Gasteiger partial charge in [0, 0.05) is 11.6 Å². The number of aromatic carboxylic acids is 1. The summed E-state index contributed by atoms with van der Waals surface area (Å²) in [5.41, 5.74) is 2.18. The average molecular weight is 217 g/mol. The second kappa shape index (κ2) is 3.81. The van der Waals surface area contributed by atoms with Crippen LogP contribution in [0.25, 0.3) is 11.3 Å². The maximum absolute atomic E-state index is 11.0. The Labute approximate surface area is 93.4 Å². The molecule has 0 aliphatic rings. The number of rotatable bonds is 2. The van der Waals surface area contributed by atoms with Crippen LogP contribution in [0.15, 0.2) is 36.4 Å². The Morgan fingerprint density at radius 3 is 2.44 bits per heavy atom. The number of carboxylic acid groups (broad SMARTS) is 1. The van der Waals surface area contributed by atoms with Crippen LogP contribution in [0, 0.1) is 0 Å². The second-order valence-corrected chi connectivity index (χ2v) is 3.63. The van der Waals surface area contributed by atoms with Crippen molar-refractivity contribution in [2.45, 2.75) is 0 Å². The van der Waals surface area contributed by atoms with Gasteiger partial charge in [-0.3, -0.25) is 0 Å². The van der Waals surface area contributed by atoms with Crippen LogP contribution in [0.4, 0.5) is 0 Å². The summed E-state index contributed by atoms with van der Waals surface area (Å²) in [5, 5.41) is 9.02. The molecule has 1 aromatic heterocycles. The molecular formula is C12H13N2O2+. The summed E-state index contributed by atoms with van der Waals surface area (Å²) in [7, 11) is 3.57. The predicted molar refractivity (Wildman–Crippen MR) is 59.0 cm³/mol. The van der Waals surface area contributed by atoms with Crippen LogP contribution >= 0.6 is 0 Å². The fraction of sp³-hybridized carbons (Fsp3) is 0.167. The molecule has 0 bridgehead atoms. The van der Waals surface area contributed by atoms with E-state index < -0.39 is 5.97 Å². The number of carboxylic acids is 1. The Balaban J connectivity index is 2.60. The van der Waals surface area contributed by atoms with E-state index >= 15 is 0 Å². The van der Waals surface area contributed by atoms with Crippen molar-refractivity contribution in [1.82, 2.24) is 4.68 Å². The monoisotopic (exact) mass is 217 g/mol. The summed E-state index contributed by atoms with van der Waals surface area (Å²) in [6, 6.07) is 11.4. The van der Waals surface area contributed by atoms with E-state index in [0.29, 0.717) is 0 Å². The van der Waals surface area contributed by atoms with Crippen molar-refractivity contribution in [1.29, 1.82) is 0 Å². The van der Waals surface area contributed by atoms with Gasteiger partial charge in [0.05, 0.1) is 7.05 Å². The van der Waals surface area contributed by atoms with Crippen molar-refractivity contribution in [3.05, 3.63) is 42.1 Å². The zero-order valence-electron chi connectivity index (χ0n) is 9.21. The highest BCUT2D eigenvalue weighted by Crippen LogP contribution is 2.16. The summed E-state index contributed by atoms with van der Waals surface area (Å²) < 4.78 is 3.43. The highest BCUT2D eigenvalue weighted by molar-refractivity contribution is 5.86. The van der Waals surface area contributed by atoms with Gasteiger partial charge in [0.15, 0.2) is 12.7 Å². The molecule has 0 saturated heterocycles. The lowest BCUT2D eigenvalue weighted by atomic mass is 10.1. The molecule has 2 rings (SSSR count). The van der Waals surface area contributed by atoms with Gasteiger partial charge in [-0.2, -0.15) is 0 Å². The minimum absolute atomic E-state index is 0.279. The lowest BCUT2D eigenvalue weighted by Gasteiger charge is -1.95. The van der Waals surface area contributed by atoms with Crippen LogP contribution in [-0.2, 0) is 14.1 Å². The lowest BCUT2D eigenvalue weighted by Crippen LogP contribution is -2.40. The molecule has 1 aromatic carbocycles. The number of aromatic nitrogens is 2. The molecule has 4 nitrogen and oxygen atoms in total. The van der Waals surface area contributed by atoms with Gasteiger partial charge in [-0.15, -0.1) is 9.36 Å². The molecule has 1 heterocycles. The van der Waals surface area contributed by atoms with Crippen LogP contribution in [0.1, 0.15) is 10.5 Å². The fourth-order valence-electron chi connectivity index (χ4n) is 1.72. The molecule has 1 N–H and O–H groups in total. The molecule has 16 heavy (non-hydrogen) atoms. The maximum atomic E-state index is 11.0. The third-order valence-electron chi connectivity index (χ3n) is 2.71. The Morgan fingerprint density at radius 2 is 1.94 bits per heavy atom. The van der Waals surface area contributed by atoms with Gasteiger partial charge in [-0.25, -0.2) is 4.79 Å². The number of benzene rings is 1. The van der Waals surface area contributed by atoms with Crippen molar-refractivity contribution in [2.75, 3.05) is 0 Å². The van der Waals surface area contributed by atoms with Gasteiger partial charge in [-0.1, -0.05) is 18.2 Å². The molecular weight excluding hydrogens is 204 g/mol. The van der Waals surface area contributed by atoms with E-state index in [1.165, 1.54) is 0 Å². The average Bonchev–Trinajstić information content (AvgIpc) is 2.58. The van der Waals surface area contributed by atoms with E-state index in [1.54, 1.807) is 17.8 Å². The van der Waals surface area contributed by atoms with Crippen LogP contribution in [0.2, 0.25) is 0 Å². The van der Waals surface area contributed by atoms with Crippen LogP contribution in [-0.4, -0.2) is 15.8 Å². The van der Waals surface area contributed by atoms with E-state index in [4.69, 9.17) is 5.11 Å².